The second kappa shape index (κ2) is 11.6. The Bertz CT molecular complexity index is 1930. The molecule has 13 heteroatoms. The summed E-state index contributed by atoms with van der Waals surface area (Å²) in [4.78, 5) is 24.5. The van der Waals surface area contributed by atoms with E-state index in [1.807, 2.05) is 12.1 Å². The summed E-state index contributed by atoms with van der Waals surface area (Å²) in [7, 11) is 1.33. The molecule has 1 saturated heterocycles. The molecule has 4 aromatic rings. The number of aromatic nitrogens is 3. The fourth-order valence-electron chi connectivity index (χ4n) is 6.71. The molecule has 4 heterocycles. The number of fused-ring (bicyclic) bond motifs is 1. The van der Waals surface area contributed by atoms with Crippen LogP contribution in [-0.2, 0) is 19.3 Å². The molecule has 3 aromatic heterocycles. The fourth-order valence-corrected chi connectivity index (χ4v) is 7.58. The van der Waals surface area contributed by atoms with Crippen molar-refractivity contribution >= 4 is 39.2 Å². The predicted octanol–water partition coefficient (Wildman–Crippen LogP) is 7.57. The van der Waals surface area contributed by atoms with Crippen molar-refractivity contribution in [3.8, 4) is 17.7 Å². The third-order valence-corrected chi connectivity index (χ3v) is 10.6. The van der Waals surface area contributed by atoms with Crippen molar-refractivity contribution in [2.45, 2.75) is 57.9 Å². The molecule has 0 unspecified atom stereocenters. The maximum atomic E-state index is 13.1. The number of pyridine rings is 1. The van der Waals surface area contributed by atoms with Crippen molar-refractivity contribution in [2.24, 2.45) is 10.8 Å². The molecule has 47 heavy (non-hydrogen) atoms. The molecular weight excluding hydrogens is 631 g/mol. The van der Waals surface area contributed by atoms with E-state index in [9.17, 15) is 28.3 Å². The number of benzene rings is 1. The third kappa shape index (κ3) is 6.02. The second-order valence-corrected chi connectivity index (χ2v) is 13.9. The van der Waals surface area contributed by atoms with Crippen LogP contribution in [0.2, 0.25) is 0 Å². The van der Waals surface area contributed by atoms with Crippen molar-refractivity contribution in [3.63, 3.8) is 0 Å². The molecule has 9 nitrogen and oxygen atoms in total. The number of carboxylic acid groups (broad SMARTS) is 1. The van der Waals surface area contributed by atoms with Gasteiger partial charge in [-0.1, -0.05) is 18.2 Å². The molecule has 2 fully saturated rings. The number of thiophene rings is 1. The number of anilines is 1. The van der Waals surface area contributed by atoms with Gasteiger partial charge in [0.15, 0.2) is 0 Å². The summed E-state index contributed by atoms with van der Waals surface area (Å²) >= 11 is 1.19. The Balaban J connectivity index is 1.02. The monoisotopic (exact) mass is 663 g/mol. The maximum absolute atomic E-state index is 13.1. The number of carbonyl (C=O) groups is 1. The van der Waals surface area contributed by atoms with Crippen LogP contribution in [0.3, 0.4) is 0 Å². The van der Waals surface area contributed by atoms with Crippen molar-refractivity contribution in [3.05, 3.63) is 70.2 Å². The topological polar surface area (TPSA) is 113 Å². The molecule has 1 spiro atoms. The Morgan fingerprint density at radius 2 is 1.96 bits per heavy atom. The van der Waals surface area contributed by atoms with Crippen LogP contribution in [0.4, 0.5) is 19.1 Å². The SMILES string of the molecule is COc1cc(C(F)(F)F)ccc1COc1cccc(C2=CCC3(CC2)CN(c2nc4sc(C(=O)O)cc4n2CC2(CC#N)CC2)C3)n1. The molecular formula is C34H32F3N5O4S. The Morgan fingerprint density at radius 1 is 1.15 bits per heavy atom. The molecule has 244 valence electrons. The molecule has 1 aromatic carbocycles. The molecule has 1 aliphatic heterocycles. The zero-order chi connectivity index (χ0) is 33.0. The van der Waals surface area contributed by atoms with E-state index in [0.717, 1.165) is 80.1 Å². The number of hydrogen-bond acceptors (Lipinski definition) is 8. The summed E-state index contributed by atoms with van der Waals surface area (Å²) in [6, 6.07) is 12.9. The van der Waals surface area contributed by atoms with Crippen molar-refractivity contribution in [1.82, 2.24) is 14.5 Å². The molecule has 0 bridgehead atoms. The van der Waals surface area contributed by atoms with Crippen LogP contribution in [-0.4, -0.2) is 45.8 Å². The molecule has 3 aliphatic rings. The first kappa shape index (κ1) is 31.1. The zero-order valence-electron chi connectivity index (χ0n) is 25.6. The van der Waals surface area contributed by atoms with Crippen LogP contribution in [0.15, 0.2) is 48.5 Å². The van der Waals surface area contributed by atoms with Crippen molar-refractivity contribution < 1.29 is 32.5 Å². The van der Waals surface area contributed by atoms with Crippen LogP contribution in [0.25, 0.3) is 15.9 Å². The van der Waals surface area contributed by atoms with Gasteiger partial charge in [0.1, 0.15) is 22.1 Å². The summed E-state index contributed by atoms with van der Waals surface area (Å²) in [5.41, 5.74) is 2.51. The molecule has 0 amide bonds. The van der Waals surface area contributed by atoms with E-state index in [1.165, 1.54) is 24.5 Å². The van der Waals surface area contributed by atoms with Gasteiger partial charge in [0.05, 0.1) is 30.0 Å². The standard InChI is InChI=1S/C34H32F3N5O4S/c1-45-26-15-23(34(35,36)37)6-5-22(26)17-46-28-4-2-3-24(39-28)21-7-9-33(10-8-21)18-41(19-33)31-40-29-25(16-27(47-29)30(43)44)42(31)20-32(11-12-32)13-14-38/h2-7,15-16H,8-13,17-20H2,1H3,(H,43,44). The maximum Gasteiger partial charge on any atom is 0.416 e. The van der Waals surface area contributed by atoms with Crippen LogP contribution in [0, 0.1) is 22.2 Å². The van der Waals surface area contributed by atoms with Gasteiger partial charge in [-0.3, -0.25) is 0 Å². The summed E-state index contributed by atoms with van der Waals surface area (Å²) in [6.07, 6.45) is 2.91. The van der Waals surface area contributed by atoms with E-state index >= 15 is 0 Å². The lowest BCUT2D eigenvalue weighted by Gasteiger charge is -2.52. The van der Waals surface area contributed by atoms with E-state index < -0.39 is 17.7 Å². The summed E-state index contributed by atoms with van der Waals surface area (Å²) in [5.74, 6) is 0.373. The van der Waals surface area contributed by atoms with Crippen LogP contribution >= 0.6 is 11.3 Å². The number of nitrogens with zero attached hydrogens (tertiary/aromatic N) is 5. The third-order valence-electron chi connectivity index (χ3n) is 9.63. The molecule has 0 atom stereocenters. The van der Waals surface area contributed by atoms with E-state index in [1.54, 1.807) is 12.1 Å². The van der Waals surface area contributed by atoms with Gasteiger partial charge in [-0.05, 0) is 61.9 Å². The van der Waals surface area contributed by atoms with Gasteiger partial charge >= 0.3 is 12.1 Å². The minimum absolute atomic E-state index is 0.0124. The smallest absolute Gasteiger partial charge is 0.416 e. The Hall–Kier alpha value is -4.57. The number of halogens is 3. The first-order chi connectivity index (χ1) is 22.5. The number of alkyl halides is 3. The van der Waals surface area contributed by atoms with Gasteiger partial charge in [0.2, 0.25) is 11.8 Å². The van der Waals surface area contributed by atoms with Gasteiger partial charge in [-0.25, -0.2) is 14.8 Å². The first-order valence-corrected chi connectivity index (χ1v) is 16.2. The number of methoxy groups -OCH3 is 1. The number of rotatable bonds is 10. The van der Waals surface area contributed by atoms with Gasteiger partial charge < -0.3 is 24.0 Å². The van der Waals surface area contributed by atoms with Gasteiger partial charge in [-0.15, -0.1) is 11.3 Å². The molecule has 2 aliphatic carbocycles. The zero-order valence-corrected chi connectivity index (χ0v) is 26.5. The number of hydrogen-bond donors (Lipinski definition) is 1. The highest BCUT2D eigenvalue weighted by molar-refractivity contribution is 7.20. The number of allylic oxidation sites excluding steroid dienone is 2. The van der Waals surface area contributed by atoms with Gasteiger partial charge in [0, 0.05) is 48.5 Å². The van der Waals surface area contributed by atoms with Crippen LogP contribution in [0.5, 0.6) is 11.6 Å². The summed E-state index contributed by atoms with van der Waals surface area (Å²) in [6.45, 7) is 2.34. The number of nitriles is 1. The Kier molecular flexibility index (Phi) is 7.66. The molecule has 0 radical (unpaired) electrons. The highest BCUT2D eigenvalue weighted by atomic mass is 32.1. The number of carboxylic acids is 1. The second-order valence-electron chi connectivity index (χ2n) is 12.9. The summed E-state index contributed by atoms with van der Waals surface area (Å²) < 4.78 is 52.5. The molecule has 1 saturated carbocycles. The largest absolute Gasteiger partial charge is 0.496 e. The van der Waals surface area contributed by atoms with Gasteiger partial charge in [-0.2, -0.15) is 18.4 Å². The first-order valence-electron chi connectivity index (χ1n) is 15.4. The Morgan fingerprint density at radius 3 is 2.62 bits per heavy atom. The number of imidazole rings is 1. The number of aromatic carboxylic acids is 1. The van der Waals surface area contributed by atoms with Crippen LogP contribution < -0.4 is 14.4 Å². The minimum atomic E-state index is -4.46. The molecule has 1 N–H and O–H groups in total. The predicted molar refractivity (Wildman–Crippen MR) is 170 cm³/mol. The van der Waals surface area contributed by atoms with Crippen molar-refractivity contribution in [1.29, 1.82) is 5.26 Å². The lowest BCUT2D eigenvalue weighted by molar-refractivity contribution is -0.137. The van der Waals surface area contributed by atoms with E-state index in [-0.39, 0.29) is 28.1 Å². The quantitative estimate of drug-likeness (QED) is 0.185. The number of ether oxygens (including phenoxy) is 2. The van der Waals surface area contributed by atoms with E-state index in [2.05, 4.69) is 26.6 Å². The van der Waals surface area contributed by atoms with Gasteiger partial charge in [0.25, 0.3) is 0 Å². The molecule has 7 rings (SSSR count). The van der Waals surface area contributed by atoms with E-state index in [0.29, 0.717) is 29.2 Å². The average Bonchev–Trinajstić information content (AvgIpc) is 3.53. The lowest BCUT2D eigenvalue weighted by Crippen LogP contribution is -2.57. The normalized spacial score (nSPS) is 18.0. The highest BCUT2D eigenvalue weighted by Gasteiger charge is 2.47. The van der Waals surface area contributed by atoms with Crippen LogP contribution in [0.1, 0.15) is 65.0 Å². The van der Waals surface area contributed by atoms with Crippen molar-refractivity contribution in [2.75, 3.05) is 25.1 Å². The Labute approximate surface area is 272 Å². The summed E-state index contributed by atoms with van der Waals surface area (Å²) in [5, 5.41) is 18.9. The van der Waals surface area contributed by atoms with E-state index in [4.69, 9.17) is 14.5 Å². The lowest BCUT2D eigenvalue weighted by atomic mass is 9.69. The fraction of sp³-hybridized carbons (Fsp3) is 0.412. The highest BCUT2D eigenvalue weighted by Crippen LogP contribution is 2.52. The minimum Gasteiger partial charge on any atom is -0.496 e. The average molecular weight is 664 g/mol.